The summed E-state index contributed by atoms with van der Waals surface area (Å²) in [5.74, 6) is 1.60. The maximum Gasteiger partial charge on any atom is 0.246 e. The van der Waals surface area contributed by atoms with Crippen LogP contribution in [-0.4, -0.2) is 89.3 Å². The molecule has 0 aromatic heterocycles. The number of piperidine rings is 1. The number of rotatable bonds is 16. The van der Waals surface area contributed by atoms with E-state index < -0.39 is 0 Å². The maximum absolute atomic E-state index is 11.4. The van der Waals surface area contributed by atoms with Crippen LogP contribution in [0.25, 0.3) is 0 Å². The first-order valence-corrected chi connectivity index (χ1v) is 10.8. The molecule has 1 aliphatic rings. The van der Waals surface area contributed by atoms with Gasteiger partial charge in [0.15, 0.2) is 0 Å². The summed E-state index contributed by atoms with van der Waals surface area (Å²) in [6, 6.07) is 0.135. The average molecular weight is 403 g/mol. The highest BCUT2D eigenvalue weighted by Gasteiger charge is 2.20. The maximum atomic E-state index is 11.4. The molecule has 0 unspecified atom stereocenters. The summed E-state index contributed by atoms with van der Waals surface area (Å²) < 4.78 is 21.8. The second-order valence-corrected chi connectivity index (χ2v) is 8.04. The molecular weight excluding hydrogens is 360 g/mol. The van der Waals surface area contributed by atoms with Crippen LogP contribution in [0.15, 0.2) is 0 Å². The molecule has 0 saturated carbocycles. The summed E-state index contributed by atoms with van der Waals surface area (Å²) in [4.78, 5) is 13.9. The van der Waals surface area contributed by atoms with Crippen molar-refractivity contribution < 1.29 is 23.7 Å². The summed E-state index contributed by atoms with van der Waals surface area (Å²) in [6.07, 6.45) is 2.63. The van der Waals surface area contributed by atoms with E-state index in [-0.39, 0.29) is 18.6 Å². The number of hydrogen-bond acceptors (Lipinski definition) is 6. The topological polar surface area (TPSA) is 69.3 Å². The third-order valence-corrected chi connectivity index (χ3v) is 4.93. The zero-order valence-corrected chi connectivity index (χ0v) is 18.4. The van der Waals surface area contributed by atoms with E-state index >= 15 is 0 Å². The zero-order chi connectivity index (χ0) is 20.6. The fourth-order valence-electron chi connectivity index (χ4n) is 3.23. The van der Waals surface area contributed by atoms with Gasteiger partial charge in [-0.3, -0.25) is 4.79 Å². The number of carbonyl (C=O) groups is 1. The van der Waals surface area contributed by atoms with E-state index in [4.69, 9.17) is 18.9 Å². The van der Waals surface area contributed by atoms with Crippen molar-refractivity contribution in [1.29, 1.82) is 0 Å². The molecule has 0 aromatic rings. The molecule has 1 rings (SSSR count). The Morgan fingerprint density at radius 2 is 1.36 bits per heavy atom. The van der Waals surface area contributed by atoms with Gasteiger partial charge in [-0.1, -0.05) is 13.8 Å². The third kappa shape index (κ3) is 13.4. The van der Waals surface area contributed by atoms with E-state index in [0.717, 1.165) is 25.0 Å². The number of hydrogen-bond donors (Lipinski definition) is 1. The van der Waals surface area contributed by atoms with Crippen molar-refractivity contribution in [1.82, 2.24) is 10.2 Å². The monoisotopic (exact) mass is 402 g/mol. The van der Waals surface area contributed by atoms with E-state index in [1.807, 2.05) is 13.8 Å². The lowest BCUT2D eigenvalue weighted by molar-refractivity contribution is -0.126. The van der Waals surface area contributed by atoms with Crippen LogP contribution in [0.5, 0.6) is 0 Å². The number of ether oxygens (including phenoxy) is 4. The van der Waals surface area contributed by atoms with Crippen LogP contribution in [0.3, 0.4) is 0 Å². The van der Waals surface area contributed by atoms with Crippen LogP contribution >= 0.6 is 0 Å². The summed E-state index contributed by atoms with van der Waals surface area (Å²) >= 11 is 0. The lowest BCUT2D eigenvalue weighted by Gasteiger charge is -2.33. The van der Waals surface area contributed by atoms with E-state index in [9.17, 15) is 4.79 Å². The minimum absolute atomic E-state index is 0.0745. The van der Waals surface area contributed by atoms with Gasteiger partial charge in [0.25, 0.3) is 0 Å². The Morgan fingerprint density at radius 3 is 1.86 bits per heavy atom. The quantitative estimate of drug-likeness (QED) is 0.398. The molecule has 1 N–H and O–H groups in total. The van der Waals surface area contributed by atoms with Crippen LogP contribution < -0.4 is 5.32 Å². The van der Waals surface area contributed by atoms with Gasteiger partial charge in [0.2, 0.25) is 5.91 Å². The smallest absolute Gasteiger partial charge is 0.246 e. The van der Waals surface area contributed by atoms with Crippen molar-refractivity contribution in [3.05, 3.63) is 0 Å². The van der Waals surface area contributed by atoms with Crippen molar-refractivity contribution in [3.8, 4) is 0 Å². The minimum atomic E-state index is -0.0987. The molecule has 1 amide bonds. The van der Waals surface area contributed by atoms with Crippen molar-refractivity contribution >= 4 is 5.91 Å². The van der Waals surface area contributed by atoms with Crippen LogP contribution in [0.2, 0.25) is 0 Å². The molecule has 0 bridgehead atoms. The van der Waals surface area contributed by atoms with Gasteiger partial charge in [-0.2, -0.15) is 0 Å². The van der Waals surface area contributed by atoms with Gasteiger partial charge in [-0.05, 0) is 51.6 Å². The highest BCUT2D eigenvalue weighted by Crippen LogP contribution is 2.23. The van der Waals surface area contributed by atoms with Gasteiger partial charge >= 0.3 is 0 Å². The fraction of sp³-hybridized carbons (Fsp3) is 0.952. The lowest BCUT2D eigenvalue weighted by Crippen LogP contribution is -2.37. The summed E-state index contributed by atoms with van der Waals surface area (Å²) in [5.41, 5.74) is 0. The Bertz CT molecular complexity index is 385. The number of nitrogens with zero attached hydrogens (tertiary/aromatic N) is 1. The first kappa shape index (κ1) is 25.3. The fourth-order valence-corrected chi connectivity index (χ4v) is 3.23. The second-order valence-electron chi connectivity index (χ2n) is 8.04. The molecule has 0 aromatic carbocycles. The normalized spacial score (nSPS) is 16.2. The van der Waals surface area contributed by atoms with Gasteiger partial charge in [-0.15, -0.1) is 0 Å². The number of nitrogens with one attached hydrogen (secondary N) is 1. The highest BCUT2D eigenvalue weighted by atomic mass is 16.6. The van der Waals surface area contributed by atoms with Crippen LogP contribution in [-0.2, 0) is 23.7 Å². The summed E-state index contributed by atoms with van der Waals surface area (Å²) in [5, 5.41) is 2.77. The molecule has 1 aliphatic heterocycles. The molecule has 1 heterocycles. The Labute approximate surface area is 171 Å². The van der Waals surface area contributed by atoms with Gasteiger partial charge in [-0.25, -0.2) is 0 Å². The first-order chi connectivity index (χ1) is 13.5. The lowest BCUT2D eigenvalue weighted by atomic mass is 9.87. The highest BCUT2D eigenvalue weighted by molar-refractivity contribution is 5.77. The van der Waals surface area contributed by atoms with Crippen molar-refractivity contribution in [2.45, 2.75) is 46.6 Å². The van der Waals surface area contributed by atoms with E-state index in [1.165, 1.54) is 25.9 Å². The standard InChI is InChI=1S/C21H42N2O5/c1-18(2)20-5-7-23(8-6-20)9-10-25-11-12-26-13-14-27-15-16-28-17-21(24)22-19(3)4/h18-20H,5-17H2,1-4H3,(H,22,24). The molecule has 0 aliphatic carbocycles. The Morgan fingerprint density at radius 1 is 0.857 bits per heavy atom. The van der Waals surface area contributed by atoms with E-state index in [2.05, 4.69) is 24.1 Å². The molecule has 7 nitrogen and oxygen atoms in total. The van der Waals surface area contributed by atoms with E-state index in [1.54, 1.807) is 0 Å². The number of amides is 1. The molecule has 0 radical (unpaired) electrons. The van der Waals surface area contributed by atoms with Gasteiger partial charge in [0, 0.05) is 12.6 Å². The first-order valence-electron chi connectivity index (χ1n) is 10.8. The van der Waals surface area contributed by atoms with Crippen molar-refractivity contribution in [3.63, 3.8) is 0 Å². The number of carbonyl (C=O) groups excluding carboxylic acids is 1. The van der Waals surface area contributed by atoms with Crippen molar-refractivity contribution in [2.75, 3.05) is 72.5 Å². The predicted octanol–water partition coefficient (Wildman–Crippen LogP) is 1.95. The van der Waals surface area contributed by atoms with Crippen LogP contribution in [0.1, 0.15) is 40.5 Å². The molecule has 7 heteroatoms. The molecule has 28 heavy (non-hydrogen) atoms. The summed E-state index contributed by atoms with van der Waals surface area (Å²) in [6.45, 7) is 15.9. The minimum Gasteiger partial charge on any atom is -0.378 e. The Balaban J connectivity index is 1.77. The molecular formula is C21H42N2O5. The third-order valence-electron chi connectivity index (χ3n) is 4.93. The van der Waals surface area contributed by atoms with Gasteiger partial charge in [0.05, 0.1) is 46.2 Å². The molecule has 1 fully saturated rings. The number of likely N-dealkylation sites (tertiary alicyclic amines) is 1. The van der Waals surface area contributed by atoms with E-state index in [0.29, 0.717) is 39.6 Å². The molecule has 0 spiro atoms. The van der Waals surface area contributed by atoms with Crippen LogP contribution in [0.4, 0.5) is 0 Å². The largest absolute Gasteiger partial charge is 0.378 e. The molecule has 0 atom stereocenters. The second kappa shape index (κ2) is 16.1. The molecule has 166 valence electrons. The average Bonchev–Trinajstić information content (AvgIpc) is 2.65. The van der Waals surface area contributed by atoms with Crippen molar-refractivity contribution in [2.24, 2.45) is 11.8 Å². The SMILES string of the molecule is CC(C)NC(=O)COCCOCCOCCOCCN1CCC(C(C)C)CC1. The Kier molecular flexibility index (Phi) is 14.6. The molecule has 1 saturated heterocycles. The van der Waals surface area contributed by atoms with Gasteiger partial charge in [0.1, 0.15) is 6.61 Å². The zero-order valence-electron chi connectivity index (χ0n) is 18.4. The van der Waals surface area contributed by atoms with Gasteiger partial charge < -0.3 is 29.2 Å². The summed E-state index contributed by atoms with van der Waals surface area (Å²) in [7, 11) is 0. The van der Waals surface area contributed by atoms with Crippen LogP contribution in [0, 0.1) is 11.8 Å². The Hall–Kier alpha value is -0.730. The predicted molar refractivity (Wildman–Crippen MR) is 111 cm³/mol.